The second kappa shape index (κ2) is 10.2. The Hall–Kier alpha value is -3.68. The van der Waals surface area contributed by atoms with E-state index in [1.54, 1.807) is 39.7 Å². The molecule has 1 heterocycles. The van der Waals surface area contributed by atoms with Gasteiger partial charge in [-0.3, -0.25) is 0 Å². The van der Waals surface area contributed by atoms with Gasteiger partial charge in [-0.1, -0.05) is 18.2 Å². The van der Waals surface area contributed by atoms with Crippen molar-refractivity contribution in [2.75, 3.05) is 45.1 Å². The lowest BCUT2D eigenvalue weighted by molar-refractivity contribution is 0.324. The lowest BCUT2D eigenvalue weighted by atomic mass is 10.2. The van der Waals surface area contributed by atoms with Crippen molar-refractivity contribution in [1.82, 2.24) is 9.97 Å². The molecule has 2 aromatic carbocycles. The van der Waals surface area contributed by atoms with Crippen molar-refractivity contribution in [3.63, 3.8) is 0 Å². The number of hydrogen-bond acceptors (Lipinski definition) is 8. The van der Waals surface area contributed by atoms with Crippen LogP contribution in [0.5, 0.6) is 23.0 Å². The summed E-state index contributed by atoms with van der Waals surface area (Å²) in [6.07, 6.45) is 1.76. The molecule has 1 aromatic heterocycles. The van der Waals surface area contributed by atoms with Crippen molar-refractivity contribution in [2.45, 2.75) is 6.92 Å². The van der Waals surface area contributed by atoms with Crippen molar-refractivity contribution in [2.24, 2.45) is 0 Å². The molecular weight excluding hydrogens is 384 g/mol. The topological polar surface area (TPSA) is 86.8 Å². The van der Waals surface area contributed by atoms with Gasteiger partial charge in [-0.05, 0) is 19.1 Å². The molecule has 0 radical (unpaired) electrons. The first-order valence-electron chi connectivity index (χ1n) is 9.47. The van der Waals surface area contributed by atoms with Crippen LogP contribution in [0.15, 0.2) is 48.7 Å². The van der Waals surface area contributed by atoms with Gasteiger partial charge in [0.05, 0.1) is 27.9 Å². The first-order valence-corrected chi connectivity index (χ1v) is 9.47. The van der Waals surface area contributed by atoms with Gasteiger partial charge >= 0.3 is 0 Å². The normalized spacial score (nSPS) is 10.3. The van der Waals surface area contributed by atoms with Crippen LogP contribution in [0.1, 0.15) is 5.56 Å². The van der Waals surface area contributed by atoms with Gasteiger partial charge in [0.25, 0.3) is 0 Å². The third-order valence-electron chi connectivity index (χ3n) is 4.30. The Bertz CT molecular complexity index is 942. The molecule has 3 rings (SSSR count). The Balaban J connectivity index is 1.67. The van der Waals surface area contributed by atoms with Crippen LogP contribution in [0, 0.1) is 6.92 Å². The van der Waals surface area contributed by atoms with Crippen LogP contribution in [-0.2, 0) is 0 Å². The van der Waals surface area contributed by atoms with E-state index in [4.69, 9.17) is 18.9 Å². The van der Waals surface area contributed by atoms with Crippen molar-refractivity contribution in [3.05, 3.63) is 54.2 Å². The number of para-hydroxylation sites is 1. The molecule has 30 heavy (non-hydrogen) atoms. The summed E-state index contributed by atoms with van der Waals surface area (Å²) in [6, 6.07) is 13.3. The summed E-state index contributed by atoms with van der Waals surface area (Å²) < 4.78 is 21.8. The molecule has 0 spiro atoms. The number of methoxy groups -OCH3 is 3. The van der Waals surface area contributed by atoms with Crippen LogP contribution in [0.3, 0.4) is 0 Å². The van der Waals surface area contributed by atoms with Crippen LogP contribution < -0.4 is 29.6 Å². The van der Waals surface area contributed by atoms with E-state index in [0.717, 1.165) is 17.1 Å². The molecule has 0 saturated heterocycles. The molecule has 0 aliphatic rings. The van der Waals surface area contributed by atoms with Gasteiger partial charge in [0.2, 0.25) is 11.7 Å². The number of nitrogens with one attached hydrogen (secondary N) is 2. The van der Waals surface area contributed by atoms with Gasteiger partial charge in [0.1, 0.15) is 18.2 Å². The molecule has 0 amide bonds. The highest BCUT2D eigenvalue weighted by atomic mass is 16.5. The second-order valence-corrected chi connectivity index (χ2v) is 6.35. The summed E-state index contributed by atoms with van der Waals surface area (Å²) in [6.45, 7) is 3.07. The molecule has 0 fully saturated rings. The smallest absolute Gasteiger partial charge is 0.229 e. The SMILES string of the molecule is COc1cc(Nc2ncc(C)c(NCCOc3ccccc3)n2)cc(OC)c1OC. The lowest BCUT2D eigenvalue weighted by Crippen LogP contribution is -2.14. The Morgan fingerprint density at radius 3 is 2.27 bits per heavy atom. The van der Waals surface area contributed by atoms with E-state index in [1.807, 2.05) is 37.3 Å². The fourth-order valence-corrected chi connectivity index (χ4v) is 2.82. The number of anilines is 3. The maximum absolute atomic E-state index is 5.71. The zero-order valence-corrected chi connectivity index (χ0v) is 17.6. The van der Waals surface area contributed by atoms with E-state index in [1.165, 1.54) is 0 Å². The first kappa shape index (κ1) is 21.0. The number of benzene rings is 2. The minimum atomic E-state index is 0.446. The van der Waals surface area contributed by atoms with Crippen molar-refractivity contribution >= 4 is 17.5 Å². The quantitative estimate of drug-likeness (QED) is 0.484. The summed E-state index contributed by atoms with van der Waals surface area (Å²) in [5.74, 6) is 3.63. The molecule has 0 atom stereocenters. The maximum Gasteiger partial charge on any atom is 0.229 e. The summed E-state index contributed by atoms with van der Waals surface area (Å²) in [4.78, 5) is 8.92. The molecule has 0 saturated carbocycles. The molecule has 3 aromatic rings. The second-order valence-electron chi connectivity index (χ2n) is 6.35. The van der Waals surface area contributed by atoms with Gasteiger partial charge in [-0.15, -0.1) is 0 Å². The Kier molecular flexibility index (Phi) is 7.15. The van der Waals surface area contributed by atoms with E-state index in [-0.39, 0.29) is 0 Å². The monoisotopic (exact) mass is 410 g/mol. The molecule has 8 nitrogen and oxygen atoms in total. The highest BCUT2D eigenvalue weighted by Crippen LogP contribution is 2.40. The van der Waals surface area contributed by atoms with Crippen molar-refractivity contribution in [1.29, 1.82) is 0 Å². The minimum absolute atomic E-state index is 0.446. The van der Waals surface area contributed by atoms with E-state index in [0.29, 0.717) is 42.0 Å². The number of ether oxygens (including phenoxy) is 4. The zero-order chi connectivity index (χ0) is 21.3. The molecule has 0 unspecified atom stereocenters. The van der Waals surface area contributed by atoms with Crippen LogP contribution in [0.2, 0.25) is 0 Å². The molecule has 2 N–H and O–H groups in total. The molecular formula is C22H26N4O4. The average molecular weight is 410 g/mol. The van der Waals surface area contributed by atoms with Gasteiger partial charge < -0.3 is 29.6 Å². The molecule has 158 valence electrons. The molecule has 0 aliphatic carbocycles. The maximum atomic E-state index is 5.71. The van der Waals surface area contributed by atoms with Crippen molar-refractivity contribution < 1.29 is 18.9 Å². The van der Waals surface area contributed by atoms with E-state index in [2.05, 4.69) is 20.6 Å². The molecule has 0 bridgehead atoms. The third-order valence-corrected chi connectivity index (χ3v) is 4.30. The van der Waals surface area contributed by atoms with Crippen LogP contribution >= 0.6 is 0 Å². The highest BCUT2D eigenvalue weighted by Gasteiger charge is 2.14. The number of nitrogens with zero attached hydrogens (tertiary/aromatic N) is 2. The molecule has 0 aliphatic heterocycles. The van der Waals surface area contributed by atoms with Gasteiger partial charge in [0.15, 0.2) is 11.5 Å². The van der Waals surface area contributed by atoms with E-state index in [9.17, 15) is 0 Å². The largest absolute Gasteiger partial charge is 0.493 e. The minimum Gasteiger partial charge on any atom is -0.493 e. The average Bonchev–Trinajstić information content (AvgIpc) is 2.78. The van der Waals surface area contributed by atoms with Crippen molar-refractivity contribution in [3.8, 4) is 23.0 Å². The van der Waals surface area contributed by atoms with Gasteiger partial charge in [-0.2, -0.15) is 4.98 Å². The standard InChI is InChI=1S/C22H26N4O4/c1-15-14-24-22(25-16-12-18(27-2)20(29-4)19(13-16)28-3)26-21(15)23-10-11-30-17-8-6-5-7-9-17/h5-9,12-14H,10-11H2,1-4H3,(H2,23,24,25,26). The third kappa shape index (κ3) is 5.22. The van der Waals surface area contributed by atoms with Crippen LogP contribution in [0.25, 0.3) is 0 Å². The Morgan fingerprint density at radius 1 is 0.933 bits per heavy atom. The lowest BCUT2D eigenvalue weighted by Gasteiger charge is -2.15. The Labute approximate surface area is 176 Å². The zero-order valence-electron chi connectivity index (χ0n) is 17.6. The summed E-state index contributed by atoms with van der Waals surface area (Å²) in [5, 5.41) is 6.47. The highest BCUT2D eigenvalue weighted by molar-refractivity contribution is 5.66. The summed E-state index contributed by atoms with van der Waals surface area (Å²) in [7, 11) is 4.71. The van der Waals surface area contributed by atoms with Gasteiger partial charge in [0, 0.05) is 29.6 Å². The number of aryl methyl sites for hydroxylation is 1. The predicted molar refractivity (Wildman–Crippen MR) is 117 cm³/mol. The van der Waals surface area contributed by atoms with Gasteiger partial charge in [-0.25, -0.2) is 4.98 Å². The summed E-state index contributed by atoms with van der Waals surface area (Å²) in [5.41, 5.74) is 1.65. The number of aromatic nitrogens is 2. The van der Waals surface area contributed by atoms with Crippen LogP contribution in [0.4, 0.5) is 17.5 Å². The first-order chi connectivity index (χ1) is 14.6. The van der Waals surface area contributed by atoms with E-state index >= 15 is 0 Å². The van der Waals surface area contributed by atoms with Crippen LogP contribution in [-0.4, -0.2) is 44.4 Å². The fourth-order valence-electron chi connectivity index (χ4n) is 2.82. The molecule has 8 heteroatoms. The summed E-state index contributed by atoms with van der Waals surface area (Å²) >= 11 is 0. The number of hydrogen-bond donors (Lipinski definition) is 2. The number of rotatable bonds is 10. The van der Waals surface area contributed by atoms with E-state index < -0.39 is 0 Å². The fraction of sp³-hybridized carbons (Fsp3) is 0.273. The Morgan fingerprint density at radius 2 is 1.63 bits per heavy atom. The predicted octanol–water partition coefficient (Wildman–Crippen LogP) is 4.05.